The lowest BCUT2D eigenvalue weighted by atomic mass is 9.74. The van der Waals surface area contributed by atoms with Gasteiger partial charge in [-0.25, -0.2) is 8.42 Å². The molecule has 3 fully saturated rings. The summed E-state index contributed by atoms with van der Waals surface area (Å²) in [5.41, 5.74) is 1.69. The summed E-state index contributed by atoms with van der Waals surface area (Å²) in [6, 6.07) is 3.52. The molecule has 1 saturated carbocycles. The lowest BCUT2D eigenvalue weighted by Crippen LogP contribution is -2.53. The molecule has 1 aromatic rings. The van der Waals surface area contributed by atoms with E-state index in [1.165, 1.54) is 32.4 Å². The maximum atomic E-state index is 13.4. The van der Waals surface area contributed by atoms with Crippen molar-refractivity contribution >= 4 is 21.6 Å². The van der Waals surface area contributed by atoms with Crippen LogP contribution in [0.1, 0.15) is 49.7 Å². The molecule has 6 heteroatoms. The number of hydrogen-bond donors (Lipinski definition) is 0. The highest BCUT2D eigenvalue weighted by atomic mass is 35.5. The van der Waals surface area contributed by atoms with Gasteiger partial charge in [0.2, 0.25) is 10.0 Å². The zero-order valence-corrected chi connectivity index (χ0v) is 18.1. The normalized spacial score (nSPS) is 28.0. The van der Waals surface area contributed by atoms with Crippen LogP contribution in [0, 0.1) is 25.2 Å². The van der Waals surface area contributed by atoms with Crippen LogP contribution in [0.3, 0.4) is 0 Å². The van der Waals surface area contributed by atoms with Crippen LogP contribution < -0.4 is 0 Å². The van der Waals surface area contributed by atoms with Gasteiger partial charge in [-0.15, -0.1) is 0 Å². The minimum absolute atomic E-state index is 0.133. The monoisotopic (exact) mass is 410 g/mol. The standard InChI is InChI=1S/C21H31ClN2O2S/c1-16-12-20(17(2)11-19(16)22)27(25,26)24-10-4-8-21(15-24)7-3-9-23(14-21)13-18-5-6-18/h11-12,18H,3-10,13-15H2,1-2H3. The quantitative estimate of drug-likeness (QED) is 0.745. The Hall–Kier alpha value is -0.620. The molecule has 0 radical (unpaired) electrons. The number of rotatable bonds is 4. The topological polar surface area (TPSA) is 40.6 Å². The number of nitrogens with zero attached hydrogens (tertiary/aromatic N) is 2. The van der Waals surface area contributed by atoms with Crippen molar-refractivity contribution in [3.63, 3.8) is 0 Å². The fraction of sp³-hybridized carbons (Fsp3) is 0.714. The highest BCUT2D eigenvalue weighted by Gasteiger charge is 2.43. The van der Waals surface area contributed by atoms with Gasteiger partial charge in [0, 0.05) is 31.2 Å². The van der Waals surface area contributed by atoms with E-state index in [2.05, 4.69) is 4.90 Å². The molecule has 2 saturated heterocycles. The van der Waals surface area contributed by atoms with E-state index in [9.17, 15) is 8.42 Å². The average molecular weight is 411 g/mol. The molecule has 1 aromatic carbocycles. The minimum Gasteiger partial charge on any atom is -0.302 e. The van der Waals surface area contributed by atoms with Crippen LogP contribution in [-0.4, -0.2) is 50.3 Å². The van der Waals surface area contributed by atoms with Crippen LogP contribution in [0.2, 0.25) is 5.02 Å². The fourth-order valence-electron chi connectivity index (χ4n) is 5.00. The van der Waals surface area contributed by atoms with Crippen molar-refractivity contribution in [1.29, 1.82) is 0 Å². The molecule has 150 valence electrons. The van der Waals surface area contributed by atoms with Crippen molar-refractivity contribution in [2.24, 2.45) is 11.3 Å². The van der Waals surface area contributed by atoms with Crippen molar-refractivity contribution in [3.8, 4) is 0 Å². The largest absolute Gasteiger partial charge is 0.302 e. The van der Waals surface area contributed by atoms with Gasteiger partial charge in [0.25, 0.3) is 0 Å². The van der Waals surface area contributed by atoms with E-state index in [1.54, 1.807) is 16.4 Å². The molecule has 0 N–H and O–H groups in total. The van der Waals surface area contributed by atoms with Crippen molar-refractivity contribution in [2.45, 2.75) is 57.3 Å². The van der Waals surface area contributed by atoms with Crippen LogP contribution in [-0.2, 0) is 10.0 Å². The number of benzene rings is 1. The van der Waals surface area contributed by atoms with Crippen molar-refractivity contribution < 1.29 is 8.42 Å². The lowest BCUT2D eigenvalue weighted by Gasteiger charge is -2.48. The number of piperidine rings is 2. The zero-order valence-electron chi connectivity index (χ0n) is 16.5. The third-order valence-corrected chi connectivity index (χ3v) is 9.05. The van der Waals surface area contributed by atoms with Crippen molar-refractivity contribution in [3.05, 3.63) is 28.3 Å². The van der Waals surface area contributed by atoms with Gasteiger partial charge in [0.1, 0.15) is 0 Å². The first-order valence-corrected chi connectivity index (χ1v) is 12.1. The molecule has 27 heavy (non-hydrogen) atoms. The van der Waals surface area contributed by atoms with E-state index in [1.807, 2.05) is 13.8 Å². The molecule has 3 aliphatic rings. The highest BCUT2D eigenvalue weighted by Crippen LogP contribution is 2.42. The number of sulfonamides is 1. The molecule has 0 amide bonds. The lowest BCUT2D eigenvalue weighted by molar-refractivity contribution is 0.0378. The Labute approximate surface area is 168 Å². The first-order chi connectivity index (χ1) is 12.8. The summed E-state index contributed by atoms with van der Waals surface area (Å²) < 4.78 is 28.6. The predicted molar refractivity (Wildman–Crippen MR) is 110 cm³/mol. The molecule has 2 aliphatic heterocycles. The van der Waals surface area contributed by atoms with Crippen LogP contribution in [0.25, 0.3) is 0 Å². The number of halogens is 1. The SMILES string of the molecule is Cc1cc(S(=O)(=O)N2CCCC3(CCCN(CC4CC4)C3)C2)c(C)cc1Cl. The van der Waals surface area contributed by atoms with Crippen molar-refractivity contribution in [2.75, 3.05) is 32.7 Å². The van der Waals surface area contributed by atoms with E-state index in [0.717, 1.165) is 42.9 Å². The number of aryl methyl sites for hydroxylation is 2. The zero-order chi connectivity index (χ0) is 19.2. The van der Waals surface area contributed by atoms with Gasteiger partial charge >= 0.3 is 0 Å². The van der Waals surface area contributed by atoms with E-state index in [-0.39, 0.29) is 5.41 Å². The van der Waals surface area contributed by atoms with Gasteiger partial charge in [-0.1, -0.05) is 11.6 Å². The molecule has 1 atom stereocenters. The summed E-state index contributed by atoms with van der Waals surface area (Å²) in [6.07, 6.45) is 7.21. The highest BCUT2D eigenvalue weighted by molar-refractivity contribution is 7.89. The molecule has 4 rings (SSSR count). The molecule has 4 nitrogen and oxygen atoms in total. The van der Waals surface area contributed by atoms with Crippen LogP contribution in [0.15, 0.2) is 17.0 Å². The van der Waals surface area contributed by atoms with Gasteiger partial charge in [-0.2, -0.15) is 4.31 Å². The van der Waals surface area contributed by atoms with Crippen molar-refractivity contribution in [1.82, 2.24) is 9.21 Å². The smallest absolute Gasteiger partial charge is 0.243 e. The van der Waals surface area contributed by atoms with Gasteiger partial charge in [0.05, 0.1) is 4.90 Å². The Bertz CT molecular complexity index is 818. The molecular formula is C21H31ClN2O2S. The van der Waals surface area contributed by atoms with Gasteiger partial charge in [0.15, 0.2) is 0 Å². The van der Waals surface area contributed by atoms with Gasteiger partial charge in [-0.05, 0) is 93.5 Å². The molecule has 0 bridgehead atoms. The first kappa shape index (κ1) is 19.7. The van der Waals surface area contributed by atoms with Crippen LogP contribution in [0.4, 0.5) is 0 Å². The summed E-state index contributed by atoms with van der Waals surface area (Å²) in [5, 5.41) is 0.629. The Morgan fingerprint density at radius 3 is 2.48 bits per heavy atom. The number of hydrogen-bond acceptors (Lipinski definition) is 3. The van der Waals surface area contributed by atoms with Crippen LogP contribution >= 0.6 is 11.6 Å². The second-order valence-electron chi connectivity index (χ2n) is 9.09. The third-order valence-electron chi connectivity index (χ3n) is 6.65. The summed E-state index contributed by atoms with van der Waals surface area (Å²) >= 11 is 6.19. The summed E-state index contributed by atoms with van der Waals surface area (Å²) in [5.74, 6) is 0.892. The molecular weight excluding hydrogens is 380 g/mol. The molecule has 0 aromatic heterocycles. The summed E-state index contributed by atoms with van der Waals surface area (Å²) in [7, 11) is -3.48. The average Bonchev–Trinajstić information content (AvgIpc) is 3.42. The summed E-state index contributed by atoms with van der Waals surface area (Å²) in [4.78, 5) is 3.03. The molecule has 1 unspecified atom stereocenters. The van der Waals surface area contributed by atoms with E-state index < -0.39 is 10.0 Å². The molecule has 1 aliphatic carbocycles. The number of likely N-dealkylation sites (tertiary alicyclic amines) is 1. The van der Waals surface area contributed by atoms with E-state index >= 15 is 0 Å². The Balaban J connectivity index is 1.56. The Morgan fingerprint density at radius 2 is 1.78 bits per heavy atom. The van der Waals surface area contributed by atoms with E-state index in [4.69, 9.17) is 11.6 Å². The predicted octanol–water partition coefficient (Wildman–Crippen LogP) is 4.23. The second-order valence-corrected chi connectivity index (χ2v) is 11.4. The fourth-order valence-corrected chi connectivity index (χ4v) is 7.11. The molecule has 2 heterocycles. The van der Waals surface area contributed by atoms with Gasteiger partial charge in [-0.3, -0.25) is 0 Å². The maximum absolute atomic E-state index is 13.4. The van der Waals surface area contributed by atoms with E-state index in [0.29, 0.717) is 23.0 Å². The van der Waals surface area contributed by atoms with Gasteiger partial charge < -0.3 is 4.90 Å². The Morgan fingerprint density at radius 1 is 1.07 bits per heavy atom. The molecule has 1 spiro atoms. The maximum Gasteiger partial charge on any atom is 0.243 e. The minimum atomic E-state index is -3.48. The Kier molecular flexibility index (Phi) is 5.34. The second kappa shape index (κ2) is 7.33. The van der Waals surface area contributed by atoms with Crippen LogP contribution in [0.5, 0.6) is 0 Å². The summed E-state index contributed by atoms with van der Waals surface area (Å²) in [6.45, 7) is 8.47. The first-order valence-electron chi connectivity index (χ1n) is 10.3. The third kappa shape index (κ3) is 4.07.